The van der Waals surface area contributed by atoms with E-state index in [1.165, 1.54) is 6.33 Å². The third-order valence-electron chi connectivity index (χ3n) is 4.48. The van der Waals surface area contributed by atoms with Gasteiger partial charge < -0.3 is 20.2 Å². The monoisotopic (exact) mass is 427 g/mol. The van der Waals surface area contributed by atoms with Crippen molar-refractivity contribution in [3.8, 4) is 23.3 Å². The van der Waals surface area contributed by atoms with Crippen LogP contribution in [0.25, 0.3) is 22.7 Å². The first kappa shape index (κ1) is 20.6. The summed E-state index contributed by atoms with van der Waals surface area (Å²) in [5.41, 5.74) is 2.31. The van der Waals surface area contributed by atoms with Gasteiger partial charge in [-0.1, -0.05) is 36.3 Å². The molecule has 1 atom stereocenters. The highest BCUT2D eigenvalue weighted by molar-refractivity contribution is 6.04. The van der Waals surface area contributed by atoms with E-state index >= 15 is 0 Å². The second-order valence-electron chi connectivity index (χ2n) is 6.63. The number of carbonyl (C=O) groups is 2. The van der Waals surface area contributed by atoms with Crippen LogP contribution >= 0.6 is 0 Å². The summed E-state index contributed by atoms with van der Waals surface area (Å²) in [4.78, 5) is 36.1. The van der Waals surface area contributed by atoms with Crippen LogP contribution in [-0.2, 0) is 9.59 Å². The molecule has 158 valence electrons. The number of amides is 1. The van der Waals surface area contributed by atoms with Crippen molar-refractivity contribution in [3.05, 3.63) is 66.5 Å². The number of oxazole rings is 1. The third-order valence-corrected chi connectivity index (χ3v) is 4.48. The molecule has 4 rings (SSSR count). The van der Waals surface area contributed by atoms with Crippen LogP contribution < -0.4 is 10.6 Å². The Hall–Kier alpha value is -4.71. The van der Waals surface area contributed by atoms with Crippen LogP contribution in [-0.4, -0.2) is 31.9 Å². The molecule has 0 saturated heterocycles. The van der Waals surface area contributed by atoms with Crippen molar-refractivity contribution in [1.29, 1.82) is 0 Å². The number of hydrogen-bond donors (Lipinski definition) is 3. The molecule has 0 aliphatic rings. The lowest BCUT2D eigenvalue weighted by atomic mass is 10.1. The third kappa shape index (κ3) is 4.39. The quantitative estimate of drug-likeness (QED) is 0.399. The summed E-state index contributed by atoms with van der Waals surface area (Å²) >= 11 is 0. The molecule has 2 aromatic carbocycles. The summed E-state index contributed by atoms with van der Waals surface area (Å²) < 4.78 is 5.74. The number of aromatic nitrogens is 3. The Bertz CT molecular complexity index is 1340. The molecule has 32 heavy (non-hydrogen) atoms. The molecule has 9 heteroatoms. The van der Waals surface area contributed by atoms with E-state index in [4.69, 9.17) is 4.42 Å². The topological polar surface area (TPSA) is 130 Å². The highest BCUT2D eigenvalue weighted by Gasteiger charge is 2.23. The first-order valence-corrected chi connectivity index (χ1v) is 9.55. The molecule has 1 amide bonds. The molecule has 0 spiro atoms. The van der Waals surface area contributed by atoms with Crippen molar-refractivity contribution in [2.24, 2.45) is 0 Å². The van der Waals surface area contributed by atoms with Gasteiger partial charge in [0.05, 0.1) is 0 Å². The average Bonchev–Trinajstić information content (AvgIpc) is 3.23. The zero-order valence-electron chi connectivity index (χ0n) is 16.9. The van der Waals surface area contributed by atoms with E-state index in [2.05, 4.69) is 37.4 Å². The molecule has 0 aliphatic heterocycles. The second-order valence-corrected chi connectivity index (χ2v) is 6.63. The van der Waals surface area contributed by atoms with E-state index in [9.17, 15) is 14.7 Å². The van der Waals surface area contributed by atoms with Gasteiger partial charge in [-0.3, -0.25) is 4.79 Å². The maximum absolute atomic E-state index is 11.8. The fourth-order valence-electron chi connectivity index (χ4n) is 3.02. The van der Waals surface area contributed by atoms with E-state index in [0.717, 1.165) is 0 Å². The Morgan fingerprint density at radius 3 is 2.50 bits per heavy atom. The Balaban J connectivity index is 1.63. The first-order valence-electron chi connectivity index (χ1n) is 9.55. The van der Waals surface area contributed by atoms with Crippen molar-refractivity contribution in [1.82, 2.24) is 15.0 Å². The van der Waals surface area contributed by atoms with Crippen molar-refractivity contribution in [3.63, 3.8) is 0 Å². The summed E-state index contributed by atoms with van der Waals surface area (Å²) in [5.74, 6) is 3.99. The van der Waals surface area contributed by atoms with E-state index < -0.39 is 17.9 Å². The fourth-order valence-corrected chi connectivity index (χ4v) is 3.02. The van der Waals surface area contributed by atoms with Crippen molar-refractivity contribution < 1.29 is 19.1 Å². The molecule has 0 aliphatic carbocycles. The van der Waals surface area contributed by atoms with Crippen LogP contribution in [0.2, 0.25) is 0 Å². The molecule has 2 heterocycles. The van der Waals surface area contributed by atoms with Gasteiger partial charge in [0, 0.05) is 11.3 Å². The number of rotatable bonds is 6. The van der Waals surface area contributed by atoms with Crippen LogP contribution in [0.1, 0.15) is 18.5 Å². The van der Waals surface area contributed by atoms with Crippen LogP contribution in [0.15, 0.2) is 65.3 Å². The summed E-state index contributed by atoms with van der Waals surface area (Å²) in [6.07, 6.45) is 1.27. The van der Waals surface area contributed by atoms with Gasteiger partial charge in [-0.15, -0.1) is 0 Å². The Morgan fingerprint density at radius 2 is 1.81 bits per heavy atom. The average molecular weight is 427 g/mol. The molecule has 0 radical (unpaired) electrons. The van der Waals surface area contributed by atoms with Crippen LogP contribution in [0.3, 0.4) is 0 Å². The fraction of sp³-hybridized carbons (Fsp3) is 0.0870. The molecular formula is C23H17N5O4. The number of fused-ring (bicyclic) bond motifs is 1. The van der Waals surface area contributed by atoms with Gasteiger partial charge in [0.2, 0.25) is 5.89 Å². The largest absolute Gasteiger partial charge is 0.479 e. The van der Waals surface area contributed by atoms with Gasteiger partial charge in [-0.05, 0) is 42.7 Å². The van der Waals surface area contributed by atoms with E-state index in [1.54, 1.807) is 55.5 Å². The van der Waals surface area contributed by atoms with Crippen molar-refractivity contribution in [2.45, 2.75) is 13.0 Å². The number of anilines is 2. The Morgan fingerprint density at radius 1 is 1.06 bits per heavy atom. The number of aliphatic carboxylic acids is 1. The minimum atomic E-state index is -1.06. The summed E-state index contributed by atoms with van der Waals surface area (Å²) in [6, 6.07) is 14.6. The minimum Gasteiger partial charge on any atom is -0.479 e. The van der Waals surface area contributed by atoms with E-state index in [-0.39, 0.29) is 17.4 Å². The molecule has 0 fully saturated rings. The second kappa shape index (κ2) is 8.97. The van der Waals surface area contributed by atoms with Crippen LogP contribution in [0, 0.1) is 11.8 Å². The van der Waals surface area contributed by atoms with Gasteiger partial charge in [0.25, 0.3) is 11.6 Å². The molecule has 4 aromatic rings. The lowest BCUT2D eigenvalue weighted by Gasteiger charge is -2.15. The molecule has 0 bridgehead atoms. The van der Waals surface area contributed by atoms with Crippen molar-refractivity contribution in [2.75, 3.05) is 10.6 Å². The molecule has 9 nitrogen and oxygen atoms in total. The molecular weight excluding hydrogens is 410 g/mol. The van der Waals surface area contributed by atoms with Gasteiger partial charge in [-0.25, -0.2) is 14.8 Å². The lowest BCUT2D eigenvalue weighted by molar-refractivity contribution is -0.138. The molecule has 0 saturated carbocycles. The lowest BCUT2D eigenvalue weighted by Crippen LogP contribution is -2.21. The highest BCUT2D eigenvalue weighted by Crippen LogP contribution is 2.29. The van der Waals surface area contributed by atoms with Crippen LogP contribution in [0.5, 0.6) is 0 Å². The normalized spacial score (nSPS) is 11.3. The Labute approximate surface area is 182 Å². The van der Waals surface area contributed by atoms with E-state index in [1.807, 2.05) is 6.07 Å². The van der Waals surface area contributed by atoms with Gasteiger partial charge in [0.15, 0.2) is 17.4 Å². The zero-order chi connectivity index (χ0) is 22.5. The SMILES string of the molecule is CC#CC(=O)Nc1ccc(-c2nc3c(N[C@H](C(=O)O)c4ccccc4)ncnc3o2)cc1. The summed E-state index contributed by atoms with van der Waals surface area (Å²) in [7, 11) is 0. The van der Waals surface area contributed by atoms with Gasteiger partial charge in [0.1, 0.15) is 6.33 Å². The van der Waals surface area contributed by atoms with E-state index in [0.29, 0.717) is 22.3 Å². The first-order chi connectivity index (χ1) is 15.5. The predicted molar refractivity (Wildman–Crippen MR) is 118 cm³/mol. The molecule has 2 aromatic heterocycles. The summed E-state index contributed by atoms with van der Waals surface area (Å²) in [5, 5.41) is 15.2. The number of carboxylic acids is 1. The number of hydrogen-bond acceptors (Lipinski definition) is 7. The number of benzene rings is 2. The number of nitrogens with zero attached hydrogens (tertiary/aromatic N) is 3. The maximum atomic E-state index is 11.8. The molecule has 3 N–H and O–H groups in total. The number of nitrogens with one attached hydrogen (secondary N) is 2. The van der Waals surface area contributed by atoms with Gasteiger partial charge in [-0.2, -0.15) is 4.98 Å². The highest BCUT2D eigenvalue weighted by atomic mass is 16.4. The number of carbonyl (C=O) groups excluding carboxylic acids is 1. The van der Waals surface area contributed by atoms with Crippen molar-refractivity contribution >= 4 is 34.6 Å². The maximum Gasteiger partial charge on any atom is 0.330 e. The minimum absolute atomic E-state index is 0.213. The molecule has 0 unspecified atom stereocenters. The van der Waals surface area contributed by atoms with Crippen LogP contribution in [0.4, 0.5) is 11.5 Å². The van der Waals surface area contributed by atoms with Gasteiger partial charge >= 0.3 is 5.97 Å². The zero-order valence-corrected chi connectivity index (χ0v) is 16.9. The standard InChI is InChI=1S/C23H17N5O4/c1-2-6-17(29)26-16-11-9-15(10-12-16)21-28-19-20(24-13-25-22(19)32-21)27-18(23(30)31)14-7-4-3-5-8-14/h3-5,7-13,18H,1H3,(H,26,29)(H,30,31)(H,24,25,27)/t18-/m0/s1. The predicted octanol–water partition coefficient (Wildman–Crippen LogP) is 3.48. The number of carboxylic acid groups (broad SMARTS) is 1. The smallest absolute Gasteiger partial charge is 0.330 e. The Kier molecular flexibility index (Phi) is 5.76. The summed E-state index contributed by atoms with van der Waals surface area (Å²) in [6.45, 7) is 1.58.